The van der Waals surface area contributed by atoms with Gasteiger partial charge in [0.2, 0.25) is 0 Å². The van der Waals surface area contributed by atoms with E-state index >= 15 is 0 Å². The molecule has 2 N–H and O–H groups in total. The Labute approximate surface area is 119 Å². The van der Waals surface area contributed by atoms with Gasteiger partial charge in [-0.05, 0) is 6.92 Å². The first kappa shape index (κ1) is 13.0. The Balaban J connectivity index is 0.00000128. The van der Waals surface area contributed by atoms with Crippen molar-refractivity contribution in [3.05, 3.63) is 19.1 Å². The number of fused-ring (bicyclic) bond motifs is 1. The molecule has 0 aromatic carbocycles. The van der Waals surface area contributed by atoms with Crippen molar-refractivity contribution in [2.24, 2.45) is 0 Å². The second kappa shape index (κ2) is 5.28. The molecule has 5 nitrogen and oxygen atoms in total. The normalized spacial score (nSPS) is 9.31. The molecule has 0 atom stereocenters. The first-order valence-electron chi connectivity index (χ1n) is 4.52. The van der Waals surface area contributed by atoms with Gasteiger partial charge in [0.05, 0.1) is 6.33 Å². The molecule has 0 bridgehead atoms. The van der Waals surface area contributed by atoms with Crippen molar-refractivity contribution < 1.29 is 32.7 Å². The third-order valence-electron chi connectivity index (χ3n) is 2.03. The van der Waals surface area contributed by atoms with E-state index in [2.05, 4.69) is 33.7 Å². The summed E-state index contributed by atoms with van der Waals surface area (Å²) in [6.45, 7) is 6.20. The maximum atomic E-state index is 5.74. The van der Waals surface area contributed by atoms with Crippen LogP contribution in [-0.2, 0) is 39.3 Å². The SMILES string of the molecule is [CH2-]C#Cc1nc(N)c2ncn(CC)c2n1.[Y]. The van der Waals surface area contributed by atoms with E-state index in [4.69, 9.17) is 5.73 Å². The summed E-state index contributed by atoms with van der Waals surface area (Å²) in [6.07, 6.45) is 1.69. The van der Waals surface area contributed by atoms with Gasteiger partial charge in [-0.25, -0.2) is 15.0 Å². The number of hydrogen-bond donors (Lipinski definition) is 1. The zero-order valence-corrected chi connectivity index (χ0v) is 11.8. The molecule has 6 heteroatoms. The van der Waals surface area contributed by atoms with Crippen LogP contribution in [-0.4, -0.2) is 19.5 Å². The van der Waals surface area contributed by atoms with Gasteiger partial charge in [-0.2, -0.15) is 6.92 Å². The van der Waals surface area contributed by atoms with E-state index in [1.54, 1.807) is 6.33 Å². The first-order chi connectivity index (χ1) is 7.26. The molecule has 79 valence electrons. The molecule has 0 aliphatic heterocycles. The molecule has 2 aromatic heterocycles. The Morgan fingerprint density at radius 1 is 1.50 bits per heavy atom. The third kappa shape index (κ3) is 2.18. The molecule has 1 radical (unpaired) electrons. The molecule has 0 aliphatic rings. The van der Waals surface area contributed by atoms with E-state index in [9.17, 15) is 0 Å². The van der Waals surface area contributed by atoms with E-state index in [-0.39, 0.29) is 32.7 Å². The van der Waals surface area contributed by atoms with Crippen LogP contribution in [0.5, 0.6) is 0 Å². The van der Waals surface area contributed by atoms with Crippen LogP contribution in [0.15, 0.2) is 6.33 Å². The third-order valence-corrected chi connectivity index (χ3v) is 2.03. The number of imidazole rings is 1. The summed E-state index contributed by atoms with van der Waals surface area (Å²) in [4.78, 5) is 12.4. The second-order valence-corrected chi connectivity index (χ2v) is 2.94. The number of anilines is 1. The predicted octanol–water partition coefficient (Wildman–Crippen LogP) is 0.611. The molecule has 0 spiro atoms. The fourth-order valence-electron chi connectivity index (χ4n) is 1.33. The topological polar surface area (TPSA) is 69.6 Å². The Hall–Kier alpha value is -1.12. The van der Waals surface area contributed by atoms with Crippen molar-refractivity contribution in [2.75, 3.05) is 5.73 Å². The summed E-state index contributed by atoms with van der Waals surface area (Å²) in [5.41, 5.74) is 7.07. The average Bonchev–Trinajstić information content (AvgIpc) is 2.61. The molecule has 2 rings (SSSR count). The summed E-state index contributed by atoms with van der Waals surface area (Å²) in [5.74, 6) is 5.90. The van der Waals surface area contributed by atoms with Crippen molar-refractivity contribution in [3.8, 4) is 11.8 Å². The summed E-state index contributed by atoms with van der Waals surface area (Å²) in [5, 5.41) is 0. The van der Waals surface area contributed by atoms with Gasteiger partial charge in [-0.15, -0.1) is 0 Å². The Bertz CT molecular complexity index is 564. The largest absolute Gasteiger partial charge is 0.382 e. The monoisotopic (exact) mass is 289 g/mol. The Kier molecular flexibility index (Phi) is 4.28. The first-order valence-corrected chi connectivity index (χ1v) is 4.52. The number of rotatable bonds is 1. The molecule has 2 aromatic rings. The Morgan fingerprint density at radius 3 is 2.88 bits per heavy atom. The molecule has 2 heterocycles. The fraction of sp³-hybridized carbons (Fsp3) is 0.200. The molecule has 0 unspecified atom stereocenters. The van der Waals surface area contributed by atoms with Crippen LogP contribution >= 0.6 is 0 Å². The van der Waals surface area contributed by atoms with Crippen LogP contribution in [0.3, 0.4) is 0 Å². The predicted molar refractivity (Wildman–Crippen MR) is 57.6 cm³/mol. The summed E-state index contributed by atoms with van der Waals surface area (Å²) >= 11 is 0. The minimum Gasteiger partial charge on any atom is -0.382 e. The van der Waals surface area contributed by atoms with E-state index in [1.165, 1.54) is 0 Å². The number of nitrogens with zero attached hydrogens (tertiary/aromatic N) is 4. The van der Waals surface area contributed by atoms with Gasteiger partial charge < -0.3 is 10.3 Å². The van der Waals surface area contributed by atoms with Gasteiger partial charge in [-0.1, -0.05) is 0 Å². The summed E-state index contributed by atoms with van der Waals surface area (Å²) in [7, 11) is 0. The minimum absolute atomic E-state index is 0. The quantitative estimate of drug-likeness (QED) is 0.617. The van der Waals surface area contributed by atoms with E-state index < -0.39 is 0 Å². The van der Waals surface area contributed by atoms with Crippen LogP contribution in [0, 0.1) is 18.8 Å². The maximum Gasteiger partial charge on any atom is 0.164 e. The van der Waals surface area contributed by atoms with Crippen LogP contribution in [0.25, 0.3) is 11.2 Å². The number of hydrogen-bond acceptors (Lipinski definition) is 4. The molecule has 0 amide bonds. The molecule has 0 saturated heterocycles. The van der Waals surface area contributed by atoms with E-state index in [0.717, 1.165) is 6.54 Å². The standard InChI is InChI=1S/C10H10N5.Y/c1-3-5-7-13-9(11)8-10(14-7)15(4-2)6-12-8;/h6H,1,4H2,2H3,(H2,11,13,14);/q-1;. The zero-order chi connectivity index (χ0) is 10.8. The molecule has 0 aliphatic carbocycles. The van der Waals surface area contributed by atoms with Crippen molar-refractivity contribution in [2.45, 2.75) is 13.5 Å². The van der Waals surface area contributed by atoms with E-state index in [0.29, 0.717) is 22.8 Å². The molecule has 0 saturated carbocycles. The average molecular weight is 289 g/mol. The number of nitrogens with two attached hydrogens (primary N) is 1. The molecule has 16 heavy (non-hydrogen) atoms. The van der Waals surface area contributed by atoms with Crippen LogP contribution in [0.1, 0.15) is 12.7 Å². The number of aryl methyl sites for hydroxylation is 1. The van der Waals surface area contributed by atoms with Crippen LogP contribution in [0.4, 0.5) is 5.82 Å². The van der Waals surface area contributed by atoms with Gasteiger partial charge in [-0.3, -0.25) is 11.8 Å². The number of nitrogen functional groups attached to an aromatic ring is 1. The molecular weight excluding hydrogens is 279 g/mol. The number of aromatic nitrogens is 4. The smallest absolute Gasteiger partial charge is 0.164 e. The summed E-state index contributed by atoms with van der Waals surface area (Å²) < 4.78 is 1.89. The van der Waals surface area contributed by atoms with Gasteiger partial charge in [0.25, 0.3) is 0 Å². The van der Waals surface area contributed by atoms with Gasteiger partial charge in [0.1, 0.15) is 11.3 Å². The van der Waals surface area contributed by atoms with Crippen molar-refractivity contribution in [1.82, 2.24) is 19.5 Å². The van der Waals surface area contributed by atoms with E-state index in [1.807, 2.05) is 11.5 Å². The molecular formula is C10H10N5Y-. The fourth-order valence-corrected chi connectivity index (χ4v) is 1.33. The summed E-state index contributed by atoms with van der Waals surface area (Å²) in [6, 6.07) is 0. The Morgan fingerprint density at radius 2 is 2.25 bits per heavy atom. The van der Waals surface area contributed by atoms with Gasteiger partial charge in [0, 0.05) is 39.3 Å². The maximum absolute atomic E-state index is 5.74. The van der Waals surface area contributed by atoms with Gasteiger partial charge in [0.15, 0.2) is 11.5 Å². The van der Waals surface area contributed by atoms with Gasteiger partial charge >= 0.3 is 0 Å². The van der Waals surface area contributed by atoms with Crippen LogP contribution in [0.2, 0.25) is 0 Å². The molecule has 0 fully saturated rings. The van der Waals surface area contributed by atoms with Crippen molar-refractivity contribution >= 4 is 17.0 Å². The van der Waals surface area contributed by atoms with Crippen molar-refractivity contribution in [3.63, 3.8) is 0 Å². The minimum atomic E-state index is 0. The van der Waals surface area contributed by atoms with Crippen molar-refractivity contribution in [1.29, 1.82) is 0 Å². The zero-order valence-electron chi connectivity index (χ0n) is 8.94. The second-order valence-electron chi connectivity index (χ2n) is 2.94. The van der Waals surface area contributed by atoms with Crippen LogP contribution < -0.4 is 5.73 Å².